The fourth-order valence-corrected chi connectivity index (χ4v) is 3.90. The number of hydrogen-bond acceptors (Lipinski definition) is 6. The number of anilines is 2. The Bertz CT molecular complexity index is 1530. The molecular weight excluding hydrogens is 454 g/mol. The highest BCUT2D eigenvalue weighted by Crippen LogP contribution is 2.31. The molecule has 9 heteroatoms. The molecule has 5 aromatic rings. The lowest BCUT2D eigenvalue weighted by atomic mass is 10.1. The molecule has 0 fully saturated rings. The van der Waals surface area contributed by atoms with Crippen molar-refractivity contribution in [2.75, 3.05) is 10.6 Å². The van der Waals surface area contributed by atoms with Gasteiger partial charge in [0.2, 0.25) is 11.8 Å². The third kappa shape index (κ3) is 5.05. The molecule has 0 atom stereocenters. The van der Waals surface area contributed by atoms with Crippen molar-refractivity contribution in [1.82, 2.24) is 19.6 Å². The van der Waals surface area contributed by atoms with Crippen molar-refractivity contribution >= 4 is 28.8 Å². The van der Waals surface area contributed by atoms with Crippen LogP contribution in [0, 0.1) is 0 Å². The van der Waals surface area contributed by atoms with Crippen LogP contribution >= 0.6 is 0 Å². The smallest absolute Gasteiger partial charge is 0.233 e. The van der Waals surface area contributed by atoms with Crippen molar-refractivity contribution in [1.29, 1.82) is 0 Å². The first-order chi connectivity index (χ1) is 17.6. The second-order valence-corrected chi connectivity index (χ2v) is 8.17. The molecule has 0 bridgehead atoms. The highest BCUT2D eigenvalue weighted by molar-refractivity contribution is 6.03. The Morgan fingerprint density at radius 2 is 1.67 bits per heavy atom. The standard InChI is InChI=1S/C27H23N7O2/c28-23(35)14-24(36)31-21-13-20(16-29-17-21)26-32-27(30-15-18-7-3-1-4-8-18)25-22(11-12-34(25)33-26)19-9-5-2-6-10-19/h1-13,16-17H,14-15H2,(H2,28,35)(H,31,36)(H,30,32,33). The minimum atomic E-state index is -0.707. The molecule has 178 valence electrons. The average Bonchev–Trinajstić information content (AvgIpc) is 3.32. The van der Waals surface area contributed by atoms with Gasteiger partial charge in [0.1, 0.15) is 11.9 Å². The van der Waals surface area contributed by atoms with E-state index in [9.17, 15) is 9.59 Å². The van der Waals surface area contributed by atoms with Crippen LogP contribution in [0.15, 0.2) is 91.4 Å². The maximum Gasteiger partial charge on any atom is 0.233 e. The summed E-state index contributed by atoms with van der Waals surface area (Å²) in [6.07, 6.45) is 4.58. The number of hydrogen-bond donors (Lipinski definition) is 3. The van der Waals surface area contributed by atoms with Gasteiger partial charge in [-0.15, -0.1) is 5.10 Å². The van der Waals surface area contributed by atoms with E-state index in [0.717, 1.165) is 22.2 Å². The van der Waals surface area contributed by atoms with Crippen LogP contribution in [-0.2, 0) is 16.1 Å². The lowest BCUT2D eigenvalue weighted by Crippen LogP contribution is -2.21. The Morgan fingerprint density at radius 3 is 2.42 bits per heavy atom. The van der Waals surface area contributed by atoms with E-state index in [-0.39, 0.29) is 0 Å². The molecule has 5 rings (SSSR count). The number of pyridine rings is 1. The number of nitrogens with one attached hydrogen (secondary N) is 2. The van der Waals surface area contributed by atoms with Gasteiger partial charge in [-0.05, 0) is 23.3 Å². The topological polar surface area (TPSA) is 127 Å². The molecule has 4 N–H and O–H groups in total. The van der Waals surface area contributed by atoms with Gasteiger partial charge in [0.25, 0.3) is 0 Å². The SMILES string of the molecule is NC(=O)CC(=O)Nc1cncc(-c2nc(NCc3ccccc3)c3c(-c4ccccc4)ccn3n2)c1. The van der Waals surface area contributed by atoms with Crippen LogP contribution in [0.2, 0.25) is 0 Å². The summed E-state index contributed by atoms with van der Waals surface area (Å²) < 4.78 is 1.79. The fraction of sp³-hybridized carbons (Fsp3) is 0.0741. The minimum Gasteiger partial charge on any atom is -0.369 e. The number of carbonyl (C=O) groups is 2. The van der Waals surface area contributed by atoms with Gasteiger partial charge in [0.15, 0.2) is 11.6 Å². The van der Waals surface area contributed by atoms with Gasteiger partial charge >= 0.3 is 0 Å². The van der Waals surface area contributed by atoms with E-state index >= 15 is 0 Å². The lowest BCUT2D eigenvalue weighted by molar-refractivity contribution is -0.124. The normalized spacial score (nSPS) is 10.8. The lowest BCUT2D eigenvalue weighted by Gasteiger charge is -2.12. The number of rotatable bonds is 8. The second-order valence-electron chi connectivity index (χ2n) is 8.17. The monoisotopic (exact) mass is 477 g/mol. The Balaban J connectivity index is 1.55. The van der Waals surface area contributed by atoms with E-state index in [2.05, 4.69) is 15.6 Å². The van der Waals surface area contributed by atoms with Crippen LogP contribution in [-0.4, -0.2) is 31.4 Å². The summed E-state index contributed by atoms with van der Waals surface area (Å²) in [6.45, 7) is 0.577. The predicted octanol–water partition coefficient (Wildman–Crippen LogP) is 3.88. The largest absolute Gasteiger partial charge is 0.369 e. The fourth-order valence-electron chi connectivity index (χ4n) is 3.90. The van der Waals surface area contributed by atoms with Crippen molar-refractivity contribution in [3.05, 3.63) is 97.0 Å². The van der Waals surface area contributed by atoms with Gasteiger partial charge in [-0.25, -0.2) is 9.50 Å². The summed E-state index contributed by atoms with van der Waals surface area (Å²) >= 11 is 0. The molecule has 0 radical (unpaired) electrons. The van der Waals surface area contributed by atoms with Crippen LogP contribution in [0.5, 0.6) is 0 Å². The molecule has 0 aliphatic carbocycles. The van der Waals surface area contributed by atoms with Crippen molar-refractivity contribution < 1.29 is 9.59 Å². The minimum absolute atomic E-state index is 0.411. The number of primary amides is 1. The number of amides is 2. The molecule has 0 unspecified atom stereocenters. The number of benzene rings is 2. The third-order valence-corrected chi connectivity index (χ3v) is 5.51. The maximum atomic E-state index is 12.0. The molecule has 0 spiro atoms. The predicted molar refractivity (Wildman–Crippen MR) is 138 cm³/mol. The summed E-state index contributed by atoms with van der Waals surface area (Å²) in [5.74, 6) is -0.134. The van der Waals surface area contributed by atoms with Gasteiger partial charge in [-0.3, -0.25) is 14.6 Å². The Labute approximate surface area is 207 Å². The van der Waals surface area contributed by atoms with Gasteiger partial charge in [0.05, 0.1) is 11.9 Å². The van der Waals surface area contributed by atoms with Gasteiger partial charge in [-0.2, -0.15) is 0 Å². The molecule has 3 heterocycles. The molecule has 9 nitrogen and oxygen atoms in total. The molecule has 2 aromatic carbocycles. The van der Waals surface area contributed by atoms with Crippen LogP contribution in [0.25, 0.3) is 28.0 Å². The van der Waals surface area contributed by atoms with Gasteiger partial charge < -0.3 is 16.4 Å². The summed E-state index contributed by atoms with van der Waals surface area (Å²) in [6, 6.07) is 23.8. The average molecular weight is 478 g/mol. The summed E-state index contributed by atoms with van der Waals surface area (Å²) in [7, 11) is 0. The van der Waals surface area contributed by atoms with E-state index in [1.165, 1.54) is 6.20 Å². The van der Waals surface area contributed by atoms with Crippen LogP contribution in [0.1, 0.15) is 12.0 Å². The van der Waals surface area contributed by atoms with Crippen molar-refractivity contribution in [2.45, 2.75) is 13.0 Å². The third-order valence-electron chi connectivity index (χ3n) is 5.51. The zero-order chi connectivity index (χ0) is 24.9. The highest BCUT2D eigenvalue weighted by atomic mass is 16.2. The van der Waals surface area contributed by atoms with E-state index in [0.29, 0.717) is 29.4 Å². The van der Waals surface area contributed by atoms with Crippen molar-refractivity contribution in [3.63, 3.8) is 0 Å². The van der Waals surface area contributed by atoms with Gasteiger partial charge in [0, 0.05) is 30.1 Å². The first-order valence-electron chi connectivity index (χ1n) is 11.3. The molecule has 0 saturated heterocycles. The first kappa shape index (κ1) is 22.7. The summed E-state index contributed by atoms with van der Waals surface area (Å²) in [5.41, 5.74) is 10.1. The summed E-state index contributed by atoms with van der Waals surface area (Å²) in [4.78, 5) is 32.1. The first-order valence-corrected chi connectivity index (χ1v) is 11.3. The quantitative estimate of drug-likeness (QED) is 0.291. The van der Waals surface area contributed by atoms with E-state index in [1.807, 2.05) is 72.9 Å². The van der Waals surface area contributed by atoms with Crippen molar-refractivity contribution in [2.24, 2.45) is 5.73 Å². The Hall–Kier alpha value is -5.05. The van der Waals surface area contributed by atoms with E-state index in [1.54, 1.807) is 16.8 Å². The molecule has 0 aliphatic heterocycles. The number of aromatic nitrogens is 4. The zero-order valence-corrected chi connectivity index (χ0v) is 19.3. The van der Waals surface area contributed by atoms with E-state index in [4.69, 9.17) is 15.8 Å². The summed E-state index contributed by atoms with van der Waals surface area (Å²) in [5, 5.41) is 10.8. The number of nitrogens with zero attached hydrogens (tertiary/aromatic N) is 4. The maximum absolute atomic E-state index is 12.0. The number of nitrogens with two attached hydrogens (primary N) is 1. The Kier molecular flexibility index (Phi) is 6.35. The van der Waals surface area contributed by atoms with E-state index < -0.39 is 18.2 Å². The molecule has 0 saturated carbocycles. The number of fused-ring (bicyclic) bond motifs is 1. The second kappa shape index (κ2) is 10.1. The zero-order valence-electron chi connectivity index (χ0n) is 19.3. The van der Waals surface area contributed by atoms with Crippen molar-refractivity contribution in [3.8, 4) is 22.5 Å². The molecular formula is C27H23N7O2. The Morgan fingerprint density at radius 1 is 0.917 bits per heavy atom. The molecule has 2 amide bonds. The van der Waals surface area contributed by atoms with Crippen LogP contribution < -0.4 is 16.4 Å². The number of carbonyl (C=O) groups excluding carboxylic acids is 2. The molecule has 3 aromatic heterocycles. The molecule has 0 aliphatic rings. The van der Waals surface area contributed by atoms with Crippen LogP contribution in [0.4, 0.5) is 11.5 Å². The van der Waals surface area contributed by atoms with Crippen LogP contribution in [0.3, 0.4) is 0 Å². The van der Waals surface area contributed by atoms with Gasteiger partial charge in [-0.1, -0.05) is 60.7 Å². The highest BCUT2D eigenvalue weighted by Gasteiger charge is 2.16. The molecule has 36 heavy (non-hydrogen) atoms.